The molecule has 206 valence electrons. The summed E-state index contributed by atoms with van der Waals surface area (Å²) in [4.78, 5) is 15.1. The maximum absolute atomic E-state index is 14.9. The number of rotatable bonds is 14. The molecule has 12 heteroatoms. The molecule has 0 amide bonds. The summed E-state index contributed by atoms with van der Waals surface area (Å²) in [5.41, 5.74) is 0.774. The van der Waals surface area contributed by atoms with Crippen LogP contribution < -0.4 is 9.46 Å². The summed E-state index contributed by atoms with van der Waals surface area (Å²) < 4.78 is 53.4. The summed E-state index contributed by atoms with van der Waals surface area (Å²) in [7, 11) is -4.24. The van der Waals surface area contributed by atoms with Crippen LogP contribution >= 0.6 is 34.5 Å². The zero-order chi connectivity index (χ0) is 27.7. The second-order valence-corrected chi connectivity index (χ2v) is 12.4. The van der Waals surface area contributed by atoms with Crippen molar-refractivity contribution in [3.05, 3.63) is 63.3 Å². The third-order valence-corrected chi connectivity index (χ3v) is 8.16. The van der Waals surface area contributed by atoms with Gasteiger partial charge in [-0.3, -0.25) is 9.52 Å². The van der Waals surface area contributed by atoms with Gasteiger partial charge >= 0.3 is 5.97 Å². The van der Waals surface area contributed by atoms with Crippen LogP contribution in [-0.2, 0) is 26.0 Å². The summed E-state index contributed by atoms with van der Waals surface area (Å²) in [5, 5.41) is 2.12. The summed E-state index contributed by atoms with van der Waals surface area (Å²) in [6.45, 7) is 4.60. The Morgan fingerprint density at radius 3 is 2.63 bits per heavy atom. The first kappa shape index (κ1) is 30.1. The van der Waals surface area contributed by atoms with Crippen molar-refractivity contribution in [1.82, 2.24) is 4.98 Å². The number of thiazole rings is 1. The second-order valence-electron chi connectivity index (χ2n) is 8.97. The third-order valence-electron chi connectivity index (χ3n) is 5.46. The van der Waals surface area contributed by atoms with Gasteiger partial charge in [0.05, 0.1) is 11.6 Å². The van der Waals surface area contributed by atoms with Crippen LogP contribution in [0.3, 0.4) is 0 Å². The van der Waals surface area contributed by atoms with Crippen LogP contribution in [-0.4, -0.2) is 26.0 Å². The van der Waals surface area contributed by atoms with Crippen LogP contribution in [0.2, 0.25) is 10.0 Å². The number of benzene rings is 2. The van der Waals surface area contributed by atoms with Crippen molar-refractivity contribution in [1.29, 1.82) is 0 Å². The highest BCUT2D eigenvalue weighted by Gasteiger charge is 2.23. The molecular weight excluding hydrogens is 574 g/mol. The van der Waals surface area contributed by atoms with E-state index >= 15 is 0 Å². The smallest absolute Gasteiger partial charge is 0.305 e. The van der Waals surface area contributed by atoms with Gasteiger partial charge in [0.1, 0.15) is 22.2 Å². The number of carbonyl (C=O) groups is 1. The molecule has 0 radical (unpaired) electrons. The fourth-order valence-electron chi connectivity index (χ4n) is 3.44. The average Bonchev–Trinajstić information content (AvgIpc) is 3.34. The number of hydrogen-bond acceptors (Lipinski definition) is 7. The van der Waals surface area contributed by atoms with E-state index in [9.17, 15) is 17.6 Å². The van der Waals surface area contributed by atoms with Gasteiger partial charge in [-0.05, 0) is 61.4 Å². The number of nitrogens with zero attached hydrogens (tertiary/aromatic N) is 1. The Hall–Kier alpha value is -2.40. The van der Waals surface area contributed by atoms with Gasteiger partial charge in [0, 0.05) is 29.1 Å². The number of halogens is 3. The molecule has 0 spiro atoms. The molecule has 3 rings (SSSR count). The van der Waals surface area contributed by atoms with Gasteiger partial charge in [0.15, 0.2) is 5.13 Å². The number of aromatic nitrogens is 1. The molecule has 1 aromatic heterocycles. The SMILES string of the molecule is CC(C)CCOC(=O)CCCCCc1cc(Cl)ccc1Oc1cc(F)c(S(=O)(=O)Nc2nccs2)cc1Cl. The second kappa shape index (κ2) is 14.1. The molecule has 7 nitrogen and oxygen atoms in total. The molecule has 2 aromatic carbocycles. The summed E-state index contributed by atoms with van der Waals surface area (Å²) in [6.07, 6.45) is 5.48. The van der Waals surface area contributed by atoms with E-state index in [1.54, 1.807) is 23.6 Å². The van der Waals surface area contributed by atoms with Crippen molar-refractivity contribution in [2.45, 2.75) is 57.3 Å². The Bertz CT molecular complexity index is 1340. The molecule has 0 aliphatic heterocycles. The molecular formula is C26H29Cl2FN2O5S2. The lowest BCUT2D eigenvalue weighted by Crippen LogP contribution is -2.14. The minimum absolute atomic E-state index is 0.0370. The molecule has 0 bridgehead atoms. The average molecular weight is 604 g/mol. The Kier molecular flexibility index (Phi) is 11.2. The number of unbranched alkanes of at least 4 members (excludes halogenated alkanes) is 2. The quantitative estimate of drug-likeness (QED) is 0.149. The summed E-state index contributed by atoms with van der Waals surface area (Å²) >= 11 is 13.5. The molecule has 0 saturated heterocycles. The lowest BCUT2D eigenvalue weighted by molar-refractivity contribution is -0.144. The number of ether oxygens (including phenoxy) is 2. The predicted molar refractivity (Wildman–Crippen MR) is 148 cm³/mol. The normalized spacial score (nSPS) is 11.5. The maximum Gasteiger partial charge on any atom is 0.305 e. The van der Waals surface area contributed by atoms with Crippen molar-refractivity contribution < 1.29 is 27.1 Å². The van der Waals surface area contributed by atoms with Crippen LogP contribution in [0.25, 0.3) is 0 Å². The lowest BCUT2D eigenvalue weighted by Gasteiger charge is -2.14. The molecule has 0 unspecified atom stereocenters. The number of aryl methyl sites for hydroxylation is 1. The van der Waals surface area contributed by atoms with Gasteiger partial charge in [-0.25, -0.2) is 17.8 Å². The molecule has 1 N–H and O–H groups in total. The predicted octanol–water partition coefficient (Wildman–Crippen LogP) is 7.87. The van der Waals surface area contributed by atoms with E-state index in [1.807, 2.05) is 0 Å². The number of carbonyl (C=O) groups excluding carboxylic acids is 1. The van der Waals surface area contributed by atoms with E-state index in [0.717, 1.165) is 48.3 Å². The minimum atomic E-state index is -4.24. The molecule has 0 fully saturated rings. The van der Waals surface area contributed by atoms with Gasteiger partial charge in [-0.1, -0.05) is 43.5 Å². The van der Waals surface area contributed by atoms with E-state index in [-0.39, 0.29) is 21.9 Å². The van der Waals surface area contributed by atoms with Gasteiger partial charge < -0.3 is 9.47 Å². The van der Waals surface area contributed by atoms with E-state index in [4.69, 9.17) is 32.7 Å². The highest BCUT2D eigenvalue weighted by Crippen LogP contribution is 2.36. The highest BCUT2D eigenvalue weighted by atomic mass is 35.5. The fourth-order valence-corrected chi connectivity index (χ4v) is 5.78. The van der Waals surface area contributed by atoms with Crippen LogP contribution in [0, 0.1) is 11.7 Å². The van der Waals surface area contributed by atoms with Gasteiger partial charge in [-0.2, -0.15) is 0 Å². The number of hydrogen-bond donors (Lipinski definition) is 1. The van der Waals surface area contributed by atoms with Crippen LogP contribution in [0.15, 0.2) is 46.8 Å². The first-order valence-electron chi connectivity index (χ1n) is 12.1. The summed E-state index contributed by atoms with van der Waals surface area (Å²) in [6, 6.07) is 6.96. The number of esters is 1. The number of nitrogens with one attached hydrogen (secondary N) is 1. The fraction of sp³-hybridized carbons (Fsp3) is 0.385. The van der Waals surface area contributed by atoms with Gasteiger partial charge in [-0.15, -0.1) is 11.3 Å². The number of anilines is 1. The van der Waals surface area contributed by atoms with E-state index in [2.05, 4.69) is 23.6 Å². The lowest BCUT2D eigenvalue weighted by atomic mass is 10.1. The Morgan fingerprint density at radius 1 is 1.13 bits per heavy atom. The third kappa shape index (κ3) is 9.11. The van der Waals surface area contributed by atoms with E-state index in [0.29, 0.717) is 42.6 Å². The monoisotopic (exact) mass is 602 g/mol. The first-order chi connectivity index (χ1) is 18.0. The van der Waals surface area contributed by atoms with Crippen molar-refractivity contribution in [2.75, 3.05) is 11.3 Å². The van der Waals surface area contributed by atoms with Crippen LogP contribution in [0.4, 0.5) is 9.52 Å². The molecule has 1 heterocycles. The molecule has 3 aromatic rings. The van der Waals surface area contributed by atoms with Crippen molar-refractivity contribution >= 4 is 55.7 Å². The van der Waals surface area contributed by atoms with Crippen LogP contribution in [0.1, 0.15) is 51.5 Å². The van der Waals surface area contributed by atoms with E-state index < -0.39 is 20.7 Å². The molecule has 0 aliphatic carbocycles. The Balaban J connectivity index is 1.62. The molecule has 0 atom stereocenters. The minimum Gasteiger partial charge on any atom is -0.466 e. The largest absolute Gasteiger partial charge is 0.466 e. The first-order valence-corrected chi connectivity index (χ1v) is 15.2. The van der Waals surface area contributed by atoms with Gasteiger partial charge in [0.2, 0.25) is 0 Å². The standard InChI is InChI=1S/C26H29Cl2FN2O5S2/c1-17(2)10-12-35-25(32)7-5-3-4-6-18-14-19(27)8-9-22(18)36-23-16-21(29)24(15-20(23)28)38(33,34)31-26-30-11-13-37-26/h8-9,11,13-17H,3-7,10,12H2,1-2H3,(H,30,31). The zero-order valence-electron chi connectivity index (χ0n) is 21.0. The topological polar surface area (TPSA) is 94.6 Å². The number of sulfonamides is 1. The highest BCUT2D eigenvalue weighted by molar-refractivity contribution is 7.93. The molecule has 0 aliphatic rings. The van der Waals surface area contributed by atoms with E-state index in [1.165, 1.54) is 6.20 Å². The van der Waals surface area contributed by atoms with Crippen molar-refractivity contribution in [3.8, 4) is 11.5 Å². The summed E-state index contributed by atoms with van der Waals surface area (Å²) in [5.74, 6) is -0.351. The molecule has 38 heavy (non-hydrogen) atoms. The van der Waals surface area contributed by atoms with Crippen molar-refractivity contribution in [2.24, 2.45) is 5.92 Å². The Labute approximate surface area is 236 Å². The van der Waals surface area contributed by atoms with Crippen molar-refractivity contribution in [3.63, 3.8) is 0 Å². The van der Waals surface area contributed by atoms with Gasteiger partial charge in [0.25, 0.3) is 10.0 Å². The Morgan fingerprint density at radius 2 is 1.92 bits per heavy atom. The zero-order valence-corrected chi connectivity index (χ0v) is 24.2. The maximum atomic E-state index is 14.9. The van der Waals surface area contributed by atoms with Crippen LogP contribution in [0.5, 0.6) is 11.5 Å². The molecule has 0 saturated carbocycles.